The number of nitrogens with zero attached hydrogens (tertiary/aromatic N) is 1. The first-order valence-corrected chi connectivity index (χ1v) is 5.76. The summed E-state index contributed by atoms with van der Waals surface area (Å²) in [5, 5.41) is 3.63. The maximum atomic E-state index is 13.7. The smallest absolute Gasteiger partial charge is 0.148 e. The summed E-state index contributed by atoms with van der Waals surface area (Å²) in [7, 11) is 0. The molecule has 3 rings (SSSR count). The minimum atomic E-state index is -0.288. The van der Waals surface area contributed by atoms with Gasteiger partial charge in [0.25, 0.3) is 0 Å². The molecule has 0 spiro atoms. The van der Waals surface area contributed by atoms with E-state index in [-0.39, 0.29) is 11.9 Å². The molecule has 86 valence electrons. The van der Waals surface area contributed by atoms with Gasteiger partial charge in [0.15, 0.2) is 0 Å². The van der Waals surface area contributed by atoms with Crippen molar-refractivity contribution in [2.75, 3.05) is 5.32 Å². The van der Waals surface area contributed by atoms with Crippen LogP contribution in [0.3, 0.4) is 0 Å². The molecule has 2 heterocycles. The Balaban J connectivity index is 1.96. The predicted octanol–water partition coefficient (Wildman–Crippen LogP) is 3.58. The number of rotatable bonds is 1. The normalized spacial score (nSPS) is 17.6. The van der Waals surface area contributed by atoms with Gasteiger partial charge in [0.05, 0.1) is 11.7 Å². The second-order valence-electron chi connectivity index (χ2n) is 4.10. The van der Waals surface area contributed by atoms with Gasteiger partial charge in [-0.2, -0.15) is 0 Å². The Labute approximate surface area is 103 Å². The molecule has 1 unspecified atom stereocenters. The van der Waals surface area contributed by atoms with E-state index in [2.05, 4.69) is 10.3 Å². The van der Waals surface area contributed by atoms with Crippen LogP contribution in [0.15, 0.2) is 36.7 Å². The van der Waals surface area contributed by atoms with Crippen LogP contribution in [0.25, 0.3) is 0 Å². The third-order valence-corrected chi connectivity index (χ3v) is 3.21. The van der Waals surface area contributed by atoms with Crippen molar-refractivity contribution in [3.63, 3.8) is 0 Å². The number of benzene rings is 1. The van der Waals surface area contributed by atoms with Gasteiger partial charge in [-0.15, -0.1) is 0 Å². The van der Waals surface area contributed by atoms with Crippen molar-refractivity contribution in [1.29, 1.82) is 0 Å². The highest BCUT2D eigenvalue weighted by Gasteiger charge is 2.25. The van der Waals surface area contributed by atoms with E-state index in [0.717, 1.165) is 17.5 Å². The molecule has 4 heteroatoms. The average Bonchev–Trinajstić information content (AvgIpc) is 2.74. The maximum Gasteiger partial charge on any atom is 0.148 e. The summed E-state index contributed by atoms with van der Waals surface area (Å²) in [5.74, 6) is -0.288. The summed E-state index contributed by atoms with van der Waals surface area (Å²) in [6, 6.07) is 7.11. The molecule has 0 bridgehead atoms. The van der Waals surface area contributed by atoms with Crippen molar-refractivity contribution in [2.24, 2.45) is 0 Å². The van der Waals surface area contributed by atoms with Crippen molar-refractivity contribution < 1.29 is 4.39 Å². The van der Waals surface area contributed by atoms with Crippen LogP contribution in [0.1, 0.15) is 17.2 Å². The van der Waals surface area contributed by atoms with Crippen molar-refractivity contribution in [3.8, 4) is 0 Å². The van der Waals surface area contributed by atoms with Crippen molar-refractivity contribution in [3.05, 3.63) is 58.6 Å². The lowest BCUT2D eigenvalue weighted by molar-refractivity contribution is 0.631. The molecule has 1 aliphatic heterocycles. The van der Waals surface area contributed by atoms with E-state index in [9.17, 15) is 4.39 Å². The zero-order valence-electron chi connectivity index (χ0n) is 8.95. The molecule has 17 heavy (non-hydrogen) atoms. The maximum absolute atomic E-state index is 13.7. The highest BCUT2D eigenvalue weighted by atomic mass is 35.5. The van der Waals surface area contributed by atoms with E-state index in [1.165, 1.54) is 6.07 Å². The van der Waals surface area contributed by atoms with Crippen LogP contribution in [0.5, 0.6) is 0 Å². The molecular formula is C13H10ClFN2. The highest BCUT2D eigenvalue weighted by Crippen LogP contribution is 2.37. The van der Waals surface area contributed by atoms with Crippen LogP contribution in [0.2, 0.25) is 5.02 Å². The van der Waals surface area contributed by atoms with E-state index in [0.29, 0.717) is 10.7 Å². The second kappa shape index (κ2) is 4.00. The summed E-state index contributed by atoms with van der Waals surface area (Å²) >= 11 is 5.84. The van der Waals surface area contributed by atoms with Crippen LogP contribution in [0.4, 0.5) is 10.1 Å². The molecule has 0 amide bonds. The fraction of sp³-hybridized carbons (Fsp3) is 0.154. The van der Waals surface area contributed by atoms with Gasteiger partial charge in [0, 0.05) is 17.4 Å². The van der Waals surface area contributed by atoms with Crippen LogP contribution in [-0.4, -0.2) is 4.98 Å². The highest BCUT2D eigenvalue weighted by molar-refractivity contribution is 6.30. The fourth-order valence-electron chi connectivity index (χ4n) is 2.19. The van der Waals surface area contributed by atoms with Gasteiger partial charge in [-0.3, -0.25) is 4.98 Å². The summed E-state index contributed by atoms with van der Waals surface area (Å²) in [6.07, 6.45) is 4.23. The lowest BCUT2D eigenvalue weighted by Crippen LogP contribution is -2.05. The number of aromatic nitrogens is 1. The lowest BCUT2D eigenvalue weighted by Gasteiger charge is -2.10. The summed E-state index contributed by atoms with van der Waals surface area (Å²) < 4.78 is 13.7. The predicted molar refractivity (Wildman–Crippen MR) is 65.7 cm³/mol. The van der Waals surface area contributed by atoms with Gasteiger partial charge in [-0.25, -0.2) is 4.39 Å². The molecule has 1 aromatic heterocycles. The van der Waals surface area contributed by atoms with Crippen LogP contribution < -0.4 is 5.32 Å². The first-order chi connectivity index (χ1) is 8.24. The molecule has 1 aromatic carbocycles. The third kappa shape index (κ3) is 1.87. The minimum Gasteiger partial charge on any atom is -0.375 e. The van der Waals surface area contributed by atoms with Gasteiger partial charge in [-0.1, -0.05) is 11.6 Å². The second-order valence-corrected chi connectivity index (χ2v) is 4.54. The number of nitrogens with one attached hydrogen (secondary N) is 1. The van der Waals surface area contributed by atoms with Crippen LogP contribution in [-0.2, 0) is 6.42 Å². The summed E-state index contributed by atoms with van der Waals surface area (Å²) in [6.45, 7) is 0. The Morgan fingerprint density at radius 2 is 2.06 bits per heavy atom. The monoisotopic (exact) mass is 248 g/mol. The molecule has 0 saturated heterocycles. The number of fused-ring (bicyclic) bond motifs is 1. The largest absolute Gasteiger partial charge is 0.375 e. The number of anilines is 1. The van der Waals surface area contributed by atoms with E-state index in [1.54, 1.807) is 12.4 Å². The summed E-state index contributed by atoms with van der Waals surface area (Å²) in [5.41, 5.74) is 2.60. The summed E-state index contributed by atoms with van der Waals surface area (Å²) in [4.78, 5) is 3.97. The standard InChI is InChI=1S/C13H10ClFN2/c14-10-5-9-6-12(8-1-3-16-4-2-8)17-13(9)11(15)7-10/h1-5,7,12,17H,6H2. The Bertz CT molecular complexity index is 557. The number of halogens is 2. The van der Waals surface area contributed by atoms with Gasteiger partial charge in [0.1, 0.15) is 5.82 Å². The lowest BCUT2D eigenvalue weighted by atomic mass is 10.0. The van der Waals surface area contributed by atoms with Gasteiger partial charge in [0.2, 0.25) is 0 Å². The Hall–Kier alpha value is -1.61. The quantitative estimate of drug-likeness (QED) is 0.834. The Morgan fingerprint density at radius 3 is 2.82 bits per heavy atom. The molecule has 1 atom stereocenters. The van der Waals surface area contributed by atoms with Crippen molar-refractivity contribution in [1.82, 2.24) is 4.98 Å². The molecule has 0 aliphatic carbocycles. The molecule has 1 aliphatic rings. The topological polar surface area (TPSA) is 24.9 Å². The van der Waals surface area contributed by atoms with E-state index in [1.807, 2.05) is 18.2 Å². The molecule has 0 saturated carbocycles. The van der Waals surface area contributed by atoms with Gasteiger partial charge < -0.3 is 5.32 Å². The minimum absolute atomic E-state index is 0.0981. The Kier molecular flexibility index (Phi) is 2.48. The van der Waals surface area contributed by atoms with Gasteiger partial charge in [-0.05, 0) is 41.8 Å². The molecule has 2 aromatic rings. The van der Waals surface area contributed by atoms with E-state index in [4.69, 9.17) is 11.6 Å². The van der Waals surface area contributed by atoms with Crippen molar-refractivity contribution >= 4 is 17.3 Å². The molecule has 1 N–H and O–H groups in total. The first-order valence-electron chi connectivity index (χ1n) is 5.38. The van der Waals surface area contributed by atoms with Crippen molar-refractivity contribution in [2.45, 2.75) is 12.5 Å². The molecule has 0 radical (unpaired) electrons. The zero-order valence-corrected chi connectivity index (χ0v) is 9.71. The number of pyridine rings is 1. The van der Waals surface area contributed by atoms with Crippen LogP contribution >= 0.6 is 11.6 Å². The van der Waals surface area contributed by atoms with Crippen LogP contribution in [0, 0.1) is 5.82 Å². The number of hydrogen-bond donors (Lipinski definition) is 1. The molecule has 2 nitrogen and oxygen atoms in total. The van der Waals surface area contributed by atoms with E-state index < -0.39 is 0 Å². The Morgan fingerprint density at radius 1 is 1.29 bits per heavy atom. The van der Waals surface area contributed by atoms with E-state index >= 15 is 0 Å². The molecular weight excluding hydrogens is 239 g/mol. The average molecular weight is 249 g/mol. The SMILES string of the molecule is Fc1cc(Cl)cc2c1NC(c1ccncc1)C2. The molecule has 0 fully saturated rings. The van der Waals surface area contributed by atoms with Gasteiger partial charge >= 0.3 is 0 Å². The first kappa shape index (κ1) is 10.5. The fourth-order valence-corrected chi connectivity index (χ4v) is 2.42. The number of hydrogen-bond acceptors (Lipinski definition) is 2. The zero-order chi connectivity index (χ0) is 11.8. The third-order valence-electron chi connectivity index (χ3n) is 2.99.